The fourth-order valence-corrected chi connectivity index (χ4v) is 2.20. The Morgan fingerprint density at radius 1 is 1.19 bits per heavy atom. The Balaban J connectivity index is 2.19. The van der Waals surface area contributed by atoms with E-state index in [4.69, 9.17) is 0 Å². The minimum absolute atomic E-state index is 0.0412. The summed E-state index contributed by atoms with van der Waals surface area (Å²) in [5.41, 5.74) is 0.901. The van der Waals surface area contributed by atoms with Gasteiger partial charge < -0.3 is 10.1 Å². The molecule has 1 N–H and O–H groups in total. The summed E-state index contributed by atoms with van der Waals surface area (Å²) in [4.78, 5) is 0.256. The number of alkyl halides is 3. The lowest BCUT2D eigenvalue weighted by Crippen LogP contribution is -2.20. The van der Waals surface area contributed by atoms with E-state index in [1.807, 2.05) is 0 Å². The summed E-state index contributed by atoms with van der Waals surface area (Å²) in [5, 5.41) is 3.05. The van der Waals surface area contributed by atoms with Crippen LogP contribution in [-0.2, 0) is 21.1 Å². The quantitative estimate of drug-likeness (QED) is 0.744. The highest BCUT2D eigenvalue weighted by Crippen LogP contribution is 2.14. The second-order valence-electron chi connectivity index (χ2n) is 4.61. The molecule has 0 unspecified atom stereocenters. The molecule has 1 rings (SSSR count). The highest BCUT2D eigenvalue weighted by Gasteiger charge is 2.27. The number of rotatable bonds is 8. The van der Waals surface area contributed by atoms with Crippen molar-refractivity contribution in [1.82, 2.24) is 5.32 Å². The Bertz CT molecular complexity index is 527. The van der Waals surface area contributed by atoms with Crippen molar-refractivity contribution in [1.29, 1.82) is 0 Å². The van der Waals surface area contributed by atoms with E-state index in [-0.39, 0.29) is 11.5 Å². The number of nitrogens with one attached hydrogen (secondary N) is 1. The average Bonchev–Trinajstić information content (AvgIpc) is 2.36. The number of halogens is 3. The van der Waals surface area contributed by atoms with E-state index < -0.39 is 22.6 Å². The van der Waals surface area contributed by atoms with E-state index in [2.05, 4.69) is 10.1 Å². The van der Waals surface area contributed by atoms with Crippen LogP contribution in [0.5, 0.6) is 0 Å². The van der Waals surface area contributed by atoms with Gasteiger partial charge in [0.1, 0.15) is 6.61 Å². The summed E-state index contributed by atoms with van der Waals surface area (Å²) in [7, 11) is -3.20. The van der Waals surface area contributed by atoms with Crippen molar-refractivity contribution in [2.24, 2.45) is 0 Å². The maximum Gasteiger partial charge on any atom is 0.411 e. The van der Waals surface area contributed by atoms with Crippen LogP contribution in [0.3, 0.4) is 0 Å². The third-order valence-corrected chi connectivity index (χ3v) is 3.72. The molecular formula is C13H18F3NO3S. The Morgan fingerprint density at radius 3 is 2.33 bits per heavy atom. The standard InChI is InChI=1S/C13H18F3NO3S/c1-21(18,19)12-5-3-11(4-6-12)9-17-7-2-8-20-10-13(14,15)16/h3-6,17H,2,7-10H2,1H3. The van der Waals surface area contributed by atoms with Crippen molar-refractivity contribution >= 4 is 9.84 Å². The Labute approximate surface area is 122 Å². The minimum atomic E-state index is -4.28. The predicted octanol–water partition coefficient (Wildman–Crippen LogP) is 2.15. The Kier molecular flexibility index (Phi) is 6.63. The molecule has 0 bridgehead atoms. The van der Waals surface area contributed by atoms with Crippen molar-refractivity contribution in [3.63, 3.8) is 0 Å². The summed E-state index contributed by atoms with van der Waals surface area (Å²) in [6, 6.07) is 6.45. The van der Waals surface area contributed by atoms with Crippen LogP contribution in [0.25, 0.3) is 0 Å². The molecule has 1 aromatic carbocycles. The van der Waals surface area contributed by atoms with Crippen LogP contribution in [0.4, 0.5) is 13.2 Å². The summed E-state index contributed by atoms with van der Waals surface area (Å²) in [5.74, 6) is 0. The van der Waals surface area contributed by atoms with Gasteiger partial charge in [-0.3, -0.25) is 0 Å². The van der Waals surface area contributed by atoms with Gasteiger partial charge in [-0.15, -0.1) is 0 Å². The first kappa shape index (κ1) is 17.9. The molecule has 0 radical (unpaired) electrons. The zero-order valence-corrected chi connectivity index (χ0v) is 12.4. The van der Waals surface area contributed by atoms with Gasteiger partial charge in [0.15, 0.2) is 9.84 Å². The molecule has 0 amide bonds. The summed E-state index contributed by atoms with van der Waals surface area (Å²) < 4.78 is 62.4. The van der Waals surface area contributed by atoms with Crippen molar-refractivity contribution in [3.8, 4) is 0 Å². The van der Waals surface area contributed by atoms with Crippen molar-refractivity contribution in [2.45, 2.75) is 24.0 Å². The average molecular weight is 325 g/mol. The third kappa shape index (κ3) is 8.03. The van der Waals surface area contributed by atoms with Crippen LogP contribution in [0.15, 0.2) is 29.2 Å². The van der Waals surface area contributed by atoms with E-state index in [1.165, 1.54) is 12.1 Å². The number of hydrogen-bond acceptors (Lipinski definition) is 4. The van der Waals surface area contributed by atoms with Crippen LogP contribution >= 0.6 is 0 Å². The van der Waals surface area contributed by atoms with Crippen LogP contribution < -0.4 is 5.32 Å². The fourth-order valence-electron chi connectivity index (χ4n) is 1.57. The lowest BCUT2D eigenvalue weighted by molar-refractivity contribution is -0.173. The second kappa shape index (κ2) is 7.77. The molecule has 0 saturated heterocycles. The molecule has 0 aromatic heterocycles. The van der Waals surface area contributed by atoms with Crippen LogP contribution in [0.1, 0.15) is 12.0 Å². The van der Waals surface area contributed by atoms with Gasteiger partial charge in [-0.1, -0.05) is 12.1 Å². The first-order valence-corrected chi connectivity index (χ1v) is 8.22. The molecule has 0 atom stereocenters. The topological polar surface area (TPSA) is 55.4 Å². The molecule has 21 heavy (non-hydrogen) atoms. The van der Waals surface area contributed by atoms with Gasteiger partial charge >= 0.3 is 6.18 Å². The highest BCUT2D eigenvalue weighted by atomic mass is 32.2. The number of sulfone groups is 1. The third-order valence-electron chi connectivity index (χ3n) is 2.59. The molecule has 0 spiro atoms. The van der Waals surface area contributed by atoms with E-state index >= 15 is 0 Å². The normalized spacial score (nSPS) is 12.6. The van der Waals surface area contributed by atoms with Gasteiger partial charge in [0, 0.05) is 19.4 Å². The van der Waals surface area contributed by atoms with Crippen molar-refractivity contribution in [2.75, 3.05) is 26.0 Å². The molecule has 8 heteroatoms. The first-order valence-electron chi connectivity index (χ1n) is 6.33. The van der Waals surface area contributed by atoms with E-state index in [1.54, 1.807) is 12.1 Å². The second-order valence-corrected chi connectivity index (χ2v) is 6.63. The van der Waals surface area contributed by atoms with Crippen molar-refractivity contribution < 1.29 is 26.3 Å². The molecular weight excluding hydrogens is 307 g/mol. The molecule has 1 aromatic rings. The van der Waals surface area contributed by atoms with Gasteiger partial charge in [-0.2, -0.15) is 13.2 Å². The predicted molar refractivity (Wildman–Crippen MR) is 72.7 cm³/mol. The summed E-state index contributed by atoms with van der Waals surface area (Å²) in [6.45, 7) is -0.144. The molecule has 0 aliphatic heterocycles. The minimum Gasteiger partial charge on any atom is -0.372 e. The van der Waals surface area contributed by atoms with E-state index in [9.17, 15) is 21.6 Å². The van der Waals surface area contributed by atoms with E-state index in [0.717, 1.165) is 11.8 Å². The molecule has 0 heterocycles. The molecule has 0 aliphatic carbocycles. The van der Waals surface area contributed by atoms with Gasteiger partial charge in [-0.25, -0.2) is 8.42 Å². The zero-order valence-electron chi connectivity index (χ0n) is 11.6. The number of hydrogen-bond donors (Lipinski definition) is 1. The summed E-state index contributed by atoms with van der Waals surface area (Å²) >= 11 is 0. The van der Waals surface area contributed by atoms with Gasteiger partial charge in [0.25, 0.3) is 0 Å². The van der Waals surface area contributed by atoms with Gasteiger partial charge in [-0.05, 0) is 30.7 Å². The number of benzene rings is 1. The lowest BCUT2D eigenvalue weighted by Gasteiger charge is -2.08. The maximum absolute atomic E-state index is 11.8. The molecule has 0 fully saturated rings. The highest BCUT2D eigenvalue weighted by molar-refractivity contribution is 7.90. The maximum atomic E-state index is 11.8. The number of ether oxygens (including phenoxy) is 1. The Morgan fingerprint density at radius 2 is 1.81 bits per heavy atom. The van der Waals surface area contributed by atoms with E-state index in [0.29, 0.717) is 19.5 Å². The molecule has 0 saturated carbocycles. The molecule has 4 nitrogen and oxygen atoms in total. The first-order chi connectivity index (χ1) is 9.68. The van der Waals surface area contributed by atoms with Crippen LogP contribution in [0, 0.1) is 0 Å². The van der Waals surface area contributed by atoms with Crippen LogP contribution in [-0.4, -0.2) is 40.6 Å². The largest absolute Gasteiger partial charge is 0.411 e. The molecule has 0 aliphatic rings. The lowest BCUT2D eigenvalue weighted by atomic mass is 10.2. The van der Waals surface area contributed by atoms with Gasteiger partial charge in [0.2, 0.25) is 0 Å². The summed E-state index contributed by atoms with van der Waals surface area (Å²) in [6.07, 6.45) is -2.67. The SMILES string of the molecule is CS(=O)(=O)c1ccc(CNCCCOCC(F)(F)F)cc1. The fraction of sp³-hybridized carbons (Fsp3) is 0.538. The van der Waals surface area contributed by atoms with Gasteiger partial charge in [0.05, 0.1) is 4.90 Å². The smallest absolute Gasteiger partial charge is 0.372 e. The Hall–Kier alpha value is -1.12. The van der Waals surface area contributed by atoms with Crippen molar-refractivity contribution in [3.05, 3.63) is 29.8 Å². The molecule has 120 valence electrons. The monoisotopic (exact) mass is 325 g/mol. The zero-order chi connectivity index (χ0) is 15.9. The van der Waals surface area contributed by atoms with Crippen LogP contribution in [0.2, 0.25) is 0 Å².